The number of hydrogen-bond donors (Lipinski definition) is 4. The number of benzene rings is 1. The zero-order valence-electron chi connectivity index (χ0n) is 15.4. The molecule has 4 N–H and O–H groups in total. The Kier molecular flexibility index (Phi) is 4.95. The Morgan fingerprint density at radius 1 is 1.27 bits per heavy atom. The minimum atomic E-state index is 0.0596. The predicted octanol–water partition coefficient (Wildman–Crippen LogP) is 3.60. The number of fused-ring (bicyclic) bond motifs is 3. The molecule has 1 aromatic heterocycles. The van der Waals surface area contributed by atoms with E-state index in [1.807, 2.05) is 12.1 Å². The van der Waals surface area contributed by atoms with Crippen molar-refractivity contribution in [2.75, 3.05) is 0 Å². The molecule has 1 amide bonds. The number of para-hydroxylation sites is 1. The van der Waals surface area contributed by atoms with Gasteiger partial charge in [0.05, 0.1) is 16.6 Å². The van der Waals surface area contributed by atoms with Crippen LogP contribution in [0.15, 0.2) is 18.2 Å². The third-order valence-electron chi connectivity index (χ3n) is 6.05. The van der Waals surface area contributed by atoms with Crippen LogP contribution < -0.4 is 16.2 Å². The van der Waals surface area contributed by atoms with Crippen LogP contribution in [0.25, 0.3) is 10.9 Å². The highest BCUT2D eigenvalue weighted by Crippen LogP contribution is 2.37. The maximum Gasteiger partial charge on any atom is 0.220 e. The third kappa shape index (κ3) is 3.24. The minimum absolute atomic E-state index is 0.0596. The van der Waals surface area contributed by atoms with Crippen molar-refractivity contribution >= 4 is 28.4 Å². The van der Waals surface area contributed by atoms with Crippen molar-refractivity contribution in [3.63, 3.8) is 0 Å². The molecule has 6 heteroatoms. The first kappa shape index (κ1) is 17.8. The summed E-state index contributed by atoms with van der Waals surface area (Å²) in [7, 11) is 0. The van der Waals surface area contributed by atoms with E-state index in [1.165, 1.54) is 10.9 Å². The second-order valence-corrected chi connectivity index (χ2v) is 8.17. The van der Waals surface area contributed by atoms with E-state index >= 15 is 0 Å². The second kappa shape index (κ2) is 7.22. The minimum Gasteiger partial charge on any atom is -0.355 e. The Balaban J connectivity index is 1.46. The average molecular weight is 375 g/mol. The van der Waals surface area contributed by atoms with Gasteiger partial charge >= 0.3 is 0 Å². The quantitative estimate of drug-likeness (QED) is 0.661. The molecule has 5 nitrogen and oxygen atoms in total. The highest BCUT2D eigenvalue weighted by molar-refractivity contribution is 6.35. The molecule has 1 aromatic carbocycles. The van der Waals surface area contributed by atoms with Gasteiger partial charge in [0.15, 0.2) is 0 Å². The predicted molar refractivity (Wildman–Crippen MR) is 105 cm³/mol. The van der Waals surface area contributed by atoms with E-state index < -0.39 is 0 Å². The van der Waals surface area contributed by atoms with E-state index in [0.717, 1.165) is 41.9 Å². The highest BCUT2D eigenvalue weighted by atomic mass is 35.5. The van der Waals surface area contributed by atoms with Gasteiger partial charge in [-0.1, -0.05) is 23.7 Å². The van der Waals surface area contributed by atoms with Crippen LogP contribution >= 0.6 is 11.6 Å². The first-order chi connectivity index (χ1) is 12.5. The summed E-state index contributed by atoms with van der Waals surface area (Å²) in [5.74, 6) is 0.619. The maximum atomic E-state index is 12.6. The zero-order valence-corrected chi connectivity index (χ0v) is 16.1. The summed E-state index contributed by atoms with van der Waals surface area (Å²) in [5.41, 5.74) is 9.96. The highest BCUT2D eigenvalue weighted by Gasteiger charge is 2.31. The first-order valence-corrected chi connectivity index (χ1v) is 10.0. The average Bonchev–Trinajstić information content (AvgIpc) is 3.16. The number of hydrazine groups is 1. The van der Waals surface area contributed by atoms with Gasteiger partial charge in [0, 0.05) is 29.6 Å². The molecular formula is C20H27ClN4O. The van der Waals surface area contributed by atoms with Gasteiger partial charge in [-0.25, -0.2) is 0 Å². The van der Waals surface area contributed by atoms with Crippen LogP contribution in [0.5, 0.6) is 0 Å². The van der Waals surface area contributed by atoms with E-state index in [-0.39, 0.29) is 11.9 Å². The molecule has 1 saturated heterocycles. The Morgan fingerprint density at radius 2 is 2.04 bits per heavy atom. The Hall–Kier alpha value is -1.56. The van der Waals surface area contributed by atoms with Crippen LogP contribution in [-0.2, 0) is 11.2 Å². The van der Waals surface area contributed by atoms with Gasteiger partial charge in [-0.3, -0.25) is 15.6 Å². The van der Waals surface area contributed by atoms with Crippen LogP contribution in [-0.4, -0.2) is 23.0 Å². The van der Waals surface area contributed by atoms with Gasteiger partial charge < -0.3 is 10.3 Å². The van der Waals surface area contributed by atoms with Gasteiger partial charge in [0.25, 0.3) is 0 Å². The number of H-pyrrole nitrogens is 1. The van der Waals surface area contributed by atoms with Crippen LogP contribution in [0, 0.1) is 5.92 Å². The summed E-state index contributed by atoms with van der Waals surface area (Å²) in [4.78, 5) is 16.1. The van der Waals surface area contributed by atoms with Crippen molar-refractivity contribution in [1.29, 1.82) is 0 Å². The van der Waals surface area contributed by atoms with Crippen molar-refractivity contribution < 1.29 is 4.79 Å². The molecule has 0 bridgehead atoms. The largest absolute Gasteiger partial charge is 0.355 e. The van der Waals surface area contributed by atoms with E-state index in [9.17, 15) is 4.79 Å². The summed E-state index contributed by atoms with van der Waals surface area (Å²) in [6, 6.07) is 6.87. The van der Waals surface area contributed by atoms with Gasteiger partial charge in [0.2, 0.25) is 5.91 Å². The number of hydrogen-bond acceptors (Lipinski definition) is 3. The number of carbonyl (C=O) groups is 1. The molecule has 2 heterocycles. The summed E-state index contributed by atoms with van der Waals surface area (Å²) in [6.45, 7) is 4.33. The molecule has 1 aliphatic heterocycles. The fourth-order valence-corrected chi connectivity index (χ4v) is 4.79. The standard InChI is InChI=1S/C20H27ClN4O/c1-11-13(12(2)25-24-11)9-10-18(26)22-17-8-4-6-15-14-5-3-7-16(21)19(14)23-20(15)17/h3,5,7,11-13,17,23-25H,4,6,8-10H2,1-2H3,(H,22,26). The molecule has 140 valence electrons. The van der Waals surface area contributed by atoms with Crippen molar-refractivity contribution in [3.05, 3.63) is 34.5 Å². The SMILES string of the molecule is CC1NNC(C)C1CCC(=O)NC1CCCc2c1[nH]c1c(Cl)cccc21. The number of carbonyl (C=O) groups excluding carboxylic acids is 1. The molecule has 0 radical (unpaired) electrons. The van der Waals surface area contributed by atoms with Crippen molar-refractivity contribution in [2.24, 2.45) is 5.92 Å². The number of aromatic nitrogens is 1. The lowest BCUT2D eigenvalue weighted by molar-refractivity contribution is -0.122. The maximum absolute atomic E-state index is 12.6. The number of halogens is 1. The number of rotatable bonds is 4. The van der Waals surface area contributed by atoms with Crippen LogP contribution in [0.3, 0.4) is 0 Å². The fraction of sp³-hybridized carbons (Fsp3) is 0.550. The van der Waals surface area contributed by atoms with Crippen LogP contribution in [0.1, 0.15) is 56.8 Å². The number of aryl methyl sites for hydroxylation is 1. The fourth-order valence-electron chi connectivity index (χ4n) is 4.57. The molecule has 26 heavy (non-hydrogen) atoms. The van der Waals surface area contributed by atoms with Gasteiger partial charge in [0.1, 0.15) is 0 Å². The van der Waals surface area contributed by atoms with Crippen LogP contribution in [0.2, 0.25) is 5.02 Å². The lowest BCUT2D eigenvalue weighted by Gasteiger charge is -2.24. The number of amides is 1. The smallest absolute Gasteiger partial charge is 0.220 e. The molecule has 3 unspecified atom stereocenters. The van der Waals surface area contributed by atoms with E-state index in [0.29, 0.717) is 24.4 Å². The third-order valence-corrected chi connectivity index (χ3v) is 6.37. The summed E-state index contributed by atoms with van der Waals surface area (Å²) >= 11 is 6.35. The van der Waals surface area contributed by atoms with Crippen molar-refractivity contribution in [3.8, 4) is 0 Å². The zero-order chi connectivity index (χ0) is 18.3. The van der Waals surface area contributed by atoms with E-state index in [1.54, 1.807) is 0 Å². The van der Waals surface area contributed by atoms with Gasteiger partial charge in [-0.15, -0.1) is 0 Å². The molecule has 2 aromatic rings. The summed E-state index contributed by atoms with van der Waals surface area (Å²) in [5, 5.41) is 5.19. The Morgan fingerprint density at radius 3 is 2.81 bits per heavy atom. The molecule has 0 saturated carbocycles. The van der Waals surface area contributed by atoms with Gasteiger partial charge in [-0.2, -0.15) is 0 Å². The number of aromatic amines is 1. The number of nitrogens with one attached hydrogen (secondary N) is 4. The molecule has 2 aliphatic rings. The lowest BCUT2D eigenvalue weighted by atomic mass is 9.90. The summed E-state index contributed by atoms with van der Waals surface area (Å²) in [6.07, 6.45) is 4.56. The van der Waals surface area contributed by atoms with Crippen LogP contribution in [0.4, 0.5) is 0 Å². The monoisotopic (exact) mass is 374 g/mol. The van der Waals surface area contributed by atoms with E-state index in [4.69, 9.17) is 11.6 Å². The second-order valence-electron chi connectivity index (χ2n) is 7.76. The summed E-state index contributed by atoms with van der Waals surface area (Å²) < 4.78 is 0. The Bertz CT molecular complexity index is 807. The lowest BCUT2D eigenvalue weighted by Crippen LogP contribution is -2.32. The molecule has 3 atom stereocenters. The van der Waals surface area contributed by atoms with Crippen molar-refractivity contribution in [2.45, 2.75) is 64.1 Å². The molecule has 1 fully saturated rings. The molecular weight excluding hydrogens is 348 g/mol. The Labute approximate surface area is 159 Å². The topological polar surface area (TPSA) is 68.9 Å². The molecule has 1 aliphatic carbocycles. The van der Waals surface area contributed by atoms with Gasteiger partial charge in [-0.05, 0) is 57.1 Å². The van der Waals surface area contributed by atoms with Crippen molar-refractivity contribution in [1.82, 2.24) is 21.2 Å². The van der Waals surface area contributed by atoms with E-state index in [2.05, 4.69) is 41.1 Å². The first-order valence-electron chi connectivity index (χ1n) is 9.64. The molecule has 0 spiro atoms. The normalized spacial score (nSPS) is 28.3. The molecule has 4 rings (SSSR count).